The number of rotatable bonds is 8. The Morgan fingerprint density at radius 3 is 2.82 bits per heavy atom. The molecule has 17 heavy (non-hydrogen) atoms. The minimum Gasteiger partial charge on any atom is -0.480 e. The van der Waals surface area contributed by atoms with Gasteiger partial charge in [0.15, 0.2) is 6.61 Å². The van der Waals surface area contributed by atoms with Gasteiger partial charge in [-0.1, -0.05) is 5.16 Å². The molecule has 8 heteroatoms. The predicted octanol–water partition coefficient (Wildman–Crippen LogP) is -0.697. The van der Waals surface area contributed by atoms with E-state index in [1.54, 1.807) is 0 Å². The van der Waals surface area contributed by atoms with Crippen molar-refractivity contribution in [1.82, 2.24) is 5.43 Å². The summed E-state index contributed by atoms with van der Waals surface area (Å²) >= 11 is 0. The van der Waals surface area contributed by atoms with E-state index in [4.69, 9.17) is 15.7 Å². The lowest BCUT2D eigenvalue weighted by molar-refractivity contribution is -0.138. The molecule has 96 valence electrons. The molecule has 0 aliphatic heterocycles. The predicted molar refractivity (Wildman–Crippen MR) is 61.6 cm³/mol. The fourth-order valence-electron chi connectivity index (χ4n) is 0.733. The number of hydrogen-bond acceptors (Lipinski definition) is 6. The number of carboxylic acid groups (broad SMARTS) is 1. The molecule has 0 saturated carbocycles. The Bertz CT molecular complexity index is 303. The molecule has 0 spiro atoms. The number of carboxylic acids is 1. The van der Waals surface area contributed by atoms with E-state index in [2.05, 4.69) is 15.7 Å². The molecule has 0 radical (unpaired) electrons. The van der Waals surface area contributed by atoms with Gasteiger partial charge in [0.1, 0.15) is 6.04 Å². The summed E-state index contributed by atoms with van der Waals surface area (Å²) in [6.07, 6.45) is 3.47. The Morgan fingerprint density at radius 2 is 2.24 bits per heavy atom. The third-order valence-corrected chi connectivity index (χ3v) is 1.54. The number of aliphatic carboxylic acids is 1. The lowest BCUT2D eigenvalue weighted by atomic mass is 10.2. The molecule has 1 unspecified atom stereocenters. The van der Waals surface area contributed by atoms with Crippen LogP contribution in [0.4, 0.5) is 0 Å². The highest BCUT2D eigenvalue weighted by Gasteiger charge is 2.08. The molecule has 0 aliphatic carbocycles. The molecule has 4 N–H and O–H groups in total. The molecule has 8 nitrogen and oxygen atoms in total. The van der Waals surface area contributed by atoms with Crippen LogP contribution >= 0.6 is 0 Å². The van der Waals surface area contributed by atoms with Gasteiger partial charge in [0.05, 0.1) is 6.21 Å². The first-order chi connectivity index (χ1) is 8.04. The first kappa shape index (κ1) is 15.0. The van der Waals surface area contributed by atoms with Crippen molar-refractivity contribution >= 4 is 24.3 Å². The SMILES string of the molecule is CC(=O)NN=CCON=CCCC(N)C(=O)O. The number of hydrazone groups is 1. The van der Waals surface area contributed by atoms with E-state index in [1.807, 2.05) is 0 Å². The van der Waals surface area contributed by atoms with Gasteiger partial charge in [-0.3, -0.25) is 9.59 Å². The second kappa shape index (κ2) is 9.28. The molecule has 0 aromatic carbocycles. The van der Waals surface area contributed by atoms with Gasteiger partial charge in [-0.15, -0.1) is 0 Å². The fraction of sp³-hybridized carbons (Fsp3) is 0.556. The van der Waals surface area contributed by atoms with Gasteiger partial charge in [0.25, 0.3) is 0 Å². The number of nitrogens with two attached hydrogens (primary N) is 1. The zero-order chi connectivity index (χ0) is 13.1. The molecule has 0 fully saturated rings. The van der Waals surface area contributed by atoms with E-state index in [1.165, 1.54) is 19.4 Å². The maximum Gasteiger partial charge on any atom is 0.320 e. The fourth-order valence-corrected chi connectivity index (χ4v) is 0.733. The van der Waals surface area contributed by atoms with Crippen molar-refractivity contribution in [3.05, 3.63) is 0 Å². The summed E-state index contributed by atoms with van der Waals surface area (Å²) in [6, 6.07) is -0.886. The summed E-state index contributed by atoms with van der Waals surface area (Å²) in [4.78, 5) is 25.5. The second-order valence-electron chi connectivity index (χ2n) is 3.09. The van der Waals surface area contributed by atoms with Crippen LogP contribution < -0.4 is 11.2 Å². The van der Waals surface area contributed by atoms with E-state index in [0.717, 1.165) is 0 Å². The largest absolute Gasteiger partial charge is 0.480 e. The third-order valence-electron chi connectivity index (χ3n) is 1.54. The van der Waals surface area contributed by atoms with Gasteiger partial charge < -0.3 is 15.7 Å². The van der Waals surface area contributed by atoms with Crippen molar-refractivity contribution in [3.63, 3.8) is 0 Å². The average molecular weight is 244 g/mol. The zero-order valence-electron chi connectivity index (χ0n) is 9.50. The topological polar surface area (TPSA) is 126 Å². The lowest BCUT2D eigenvalue weighted by Crippen LogP contribution is -2.29. The smallest absolute Gasteiger partial charge is 0.320 e. The van der Waals surface area contributed by atoms with Gasteiger partial charge in [0, 0.05) is 13.1 Å². The van der Waals surface area contributed by atoms with E-state index >= 15 is 0 Å². The number of amides is 1. The van der Waals surface area contributed by atoms with Crippen molar-refractivity contribution in [2.24, 2.45) is 16.0 Å². The normalized spacial score (nSPS) is 12.8. The maximum absolute atomic E-state index is 10.4. The number of hydrogen-bond donors (Lipinski definition) is 3. The number of nitrogens with one attached hydrogen (secondary N) is 1. The molecule has 1 atom stereocenters. The molecular weight excluding hydrogens is 228 g/mol. The molecule has 0 aliphatic rings. The summed E-state index contributed by atoms with van der Waals surface area (Å²) in [5.41, 5.74) is 7.45. The van der Waals surface area contributed by atoms with Crippen molar-refractivity contribution in [2.75, 3.05) is 6.61 Å². The quantitative estimate of drug-likeness (QED) is 0.296. The van der Waals surface area contributed by atoms with Gasteiger partial charge in [0.2, 0.25) is 5.91 Å². The van der Waals surface area contributed by atoms with E-state index in [0.29, 0.717) is 12.8 Å². The first-order valence-corrected chi connectivity index (χ1v) is 4.94. The van der Waals surface area contributed by atoms with Crippen LogP contribution in [-0.2, 0) is 14.4 Å². The number of carbonyl (C=O) groups is 2. The molecule has 0 aromatic rings. The van der Waals surface area contributed by atoms with Crippen LogP contribution in [0.1, 0.15) is 19.8 Å². The van der Waals surface area contributed by atoms with Gasteiger partial charge in [-0.05, 0) is 12.8 Å². The van der Waals surface area contributed by atoms with E-state index in [-0.39, 0.29) is 12.5 Å². The highest BCUT2D eigenvalue weighted by Crippen LogP contribution is 1.92. The molecule has 0 heterocycles. The van der Waals surface area contributed by atoms with Gasteiger partial charge in [-0.25, -0.2) is 5.43 Å². The van der Waals surface area contributed by atoms with Crippen molar-refractivity contribution < 1.29 is 19.5 Å². The molecule has 0 aromatic heterocycles. The van der Waals surface area contributed by atoms with Crippen molar-refractivity contribution in [2.45, 2.75) is 25.8 Å². The summed E-state index contributed by atoms with van der Waals surface area (Å²) < 4.78 is 0. The molecule has 0 saturated heterocycles. The van der Waals surface area contributed by atoms with E-state index < -0.39 is 12.0 Å². The Hall–Kier alpha value is -1.96. The van der Waals surface area contributed by atoms with Crippen LogP contribution in [0.5, 0.6) is 0 Å². The van der Waals surface area contributed by atoms with Crippen molar-refractivity contribution in [1.29, 1.82) is 0 Å². The highest BCUT2D eigenvalue weighted by atomic mass is 16.6. The van der Waals surface area contributed by atoms with Crippen LogP contribution in [0, 0.1) is 0 Å². The zero-order valence-corrected chi connectivity index (χ0v) is 9.50. The molecule has 0 rings (SSSR count). The summed E-state index contributed by atoms with van der Waals surface area (Å²) in [5.74, 6) is -1.31. The Kier molecular flexibility index (Phi) is 8.21. The summed E-state index contributed by atoms with van der Waals surface area (Å²) in [6.45, 7) is 1.45. The van der Waals surface area contributed by atoms with Crippen molar-refractivity contribution in [3.8, 4) is 0 Å². The van der Waals surface area contributed by atoms with Crippen LogP contribution in [-0.4, -0.2) is 42.1 Å². The third kappa shape index (κ3) is 10.3. The molecule has 0 bridgehead atoms. The van der Waals surface area contributed by atoms with Crippen LogP contribution in [0.3, 0.4) is 0 Å². The summed E-state index contributed by atoms with van der Waals surface area (Å²) in [5, 5.41) is 15.5. The lowest BCUT2D eigenvalue weighted by Gasteiger charge is -2.01. The number of nitrogens with zero attached hydrogens (tertiary/aromatic N) is 2. The summed E-state index contributed by atoms with van der Waals surface area (Å²) in [7, 11) is 0. The Labute approximate surface area is 98.5 Å². The van der Waals surface area contributed by atoms with E-state index in [9.17, 15) is 9.59 Å². The van der Waals surface area contributed by atoms with Gasteiger partial charge >= 0.3 is 5.97 Å². The number of oxime groups is 1. The minimum atomic E-state index is -1.04. The standard InChI is InChI=1S/C9H16N4O4/c1-7(14)13-11-5-6-17-12-4-2-3-8(10)9(15)16/h4-5,8H,2-3,6,10H2,1H3,(H,13,14)(H,15,16). The monoisotopic (exact) mass is 244 g/mol. The van der Waals surface area contributed by atoms with Crippen LogP contribution in [0.15, 0.2) is 10.3 Å². The molecular formula is C9H16N4O4. The maximum atomic E-state index is 10.4. The second-order valence-corrected chi connectivity index (χ2v) is 3.09. The van der Waals surface area contributed by atoms with Gasteiger partial charge in [-0.2, -0.15) is 5.10 Å². The number of carbonyl (C=O) groups excluding carboxylic acids is 1. The Balaban J connectivity index is 3.46. The minimum absolute atomic E-state index is 0.113. The average Bonchev–Trinajstić information content (AvgIpc) is 2.25. The van der Waals surface area contributed by atoms with Crippen LogP contribution in [0.2, 0.25) is 0 Å². The first-order valence-electron chi connectivity index (χ1n) is 4.94. The van der Waals surface area contributed by atoms with Crippen LogP contribution in [0.25, 0.3) is 0 Å². The Morgan fingerprint density at radius 1 is 1.53 bits per heavy atom. The highest BCUT2D eigenvalue weighted by molar-refractivity contribution is 5.74. The molecule has 1 amide bonds.